The average Bonchev–Trinajstić information content (AvgIpc) is 3.30. The van der Waals surface area contributed by atoms with E-state index in [1.165, 1.54) is 23.8 Å². The Morgan fingerprint density at radius 2 is 1.97 bits per heavy atom. The van der Waals surface area contributed by atoms with E-state index >= 15 is 4.39 Å². The van der Waals surface area contributed by atoms with Gasteiger partial charge in [-0.15, -0.1) is 0 Å². The summed E-state index contributed by atoms with van der Waals surface area (Å²) in [6.45, 7) is 0.988. The molecule has 4 aromatic rings. The molecule has 38 heavy (non-hydrogen) atoms. The Morgan fingerprint density at radius 1 is 1.16 bits per heavy atom. The number of carbonyl (C=O) groups excluding carboxylic acids is 1. The first-order chi connectivity index (χ1) is 18.5. The topological polar surface area (TPSA) is 95.5 Å². The second-order valence-corrected chi connectivity index (χ2v) is 9.98. The first kappa shape index (κ1) is 22.8. The summed E-state index contributed by atoms with van der Waals surface area (Å²) in [6.07, 6.45) is 6.10. The van der Waals surface area contributed by atoms with Crippen LogP contribution in [-0.4, -0.2) is 39.2 Å². The Kier molecular flexibility index (Phi) is 5.13. The van der Waals surface area contributed by atoms with Gasteiger partial charge in [-0.2, -0.15) is 5.10 Å². The Hall–Kier alpha value is -4.42. The van der Waals surface area contributed by atoms with Gasteiger partial charge in [0.05, 0.1) is 48.1 Å². The molecular weight excluding hydrogens is 485 g/mol. The molecule has 0 saturated heterocycles. The van der Waals surface area contributed by atoms with Crippen molar-refractivity contribution in [1.29, 1.82) is 0 Å². The van der Waals surface area contributed by atoms with E-state index in [0.717, 1.165) is 27.8 Å². The van der Waals surface area contributed by atoms with E-state index in [1.54, 1.807) is 19.3 Å². The number of carbonyl (C=O) groups is 1. The maximum Gasteiger partial charge on any atom is 0.257 e. The van der Waals surface area contributed by atoms with Crippen LogP contribution in [0.4, 0.5) is 10.2 Å². The van der Waals surface area contributed by atoms with Gasteiger partial charge < -0.3 is 20.1 Å². The van der Waals surface area contributed by atoms with Gasteiger partial charge in [0.25, 0.3) is 5.91 Å². The van der Waals surface area contributed by atoms with Crippen molar-refractivity contribution in [3.05, 3.63) is 81.9 Å². The number of nitrogens with zero attached hydrogens (tertiary/aromatic N) is 4. The highest BCUT2D eigenvalue weighted by Crippen LogP contribution is 2.38. The van der Waals surface area contributed by atoms with Gasteiger partial charge in [-0.05, 0) is 36.6 Å². The molecule has 0 spiro atoms. The summed E-state index contributed by atoms with van der Waals surface area (Å²) >= 11 is 0. The first-order valence-electron chi connectivity index (χ1n) is 12.5. The SMILES string of the molecule is CN(C(=O)c1cc2c3c(c(N)nc2cc1F)COC3)[C@@H]1COc2cc(C#Cc3cnn(C4CC4)c3)ccc21. The largest absolute Gasteiger partial charge is 0.491 e. The van der Waals surface area contributed by atoms with E-state index in [-0.39, 0.29) is 18.2 Å². The summed E-state index contributed by atoms with van der Waals surface area (Å²) in [5.41, 5.74) is 10.6. The van der Waals surface area contributed by atoms with Crippen LogP contribution in [0.25, 0.3) is 10.9 Å². The minimum absolute atomic E-state index is 0.0247. The van der Waals surface area contributed by atoms with Crippen LogP contribution in [-0.2, 0) is 18.0 Å². The normalized spacial score (nSPS) is 17.5. The zero-order valence-electron chi connectivity index (χ0n) is 20.7. The van der Waals surface area contributed by atoms with Crippen molar-refractivity contribution in [2.45, 2.75) is 38.1 Å². The molecule has 190 valence electrons. The van der Waals surface area contributed by atoms with E-state index in [1.807, 2.05) is 29.1 Å². The third-order valence-corrected chi connectivity index (χ3v) is 7.48. The Bertz CT molecular complexity index is 1700. The molecule has 9 heteroatoms. The van der Waals surface area contributed by atoms with E-state index < -0.39 is 11.7 Å². The van der Waals surface area contributed by atoms with Crippen molar-refractivity contribution in [1.82, 2.24) is 19.7 Å². The third-order valence-electron chi connectivity index (χ3n) is 7.48. The Balaban J connectivity index is 1.14. The number of nitrogen functional groups attached to an aromatic ring is 1. The summed E-state index contributed by atoms with van der Waals surface area (Å²) in [4.78, 5) is 19.3. The van der Waals surface area contributed by atoms with Gasteiger partial charge >= 0.3 is 0 Å². The van der Waals surface area contributed by atoms with Crippen molar-refractivity contribution in [3.8, 4) is 17.6 Å². The number of aromatic nitrogens is 3. The van der Waals surface area contributed by atoms with E-state index in [2.05, 4.69) is 21.9 Å². The quantitative estimate of drug-likeness (QED) is 0.418. The molecule has 1 atom stereocenters. The summed E-state index contributed by atoms with van der Waals surface area (Å²) in [5, 5.41) is 5.05. The second kappa shape index (κ2) is 8.57. The van der Waals surface area contributed by atoms with Crippen molar-refractivity contribution in [3.63, 3.8) is 0 Å². The van der Waals surface area contributed by atoms with Crippen LogP contribution >= 0.6 is 0 Å². The van der Waals surface area contributed by atoms with Gasteiger partial charge in [0.1, 0.15) is 24.0 Å². The lowest BCUT2D eigenvalue weighted by Gasteiger charge is -2.24. The van der Waals surface area contributed by atoms with Crippen LogP contribution in [0.3, 0.4) is 0 Å². The van der Waals surface area contributed by atoms with Crippen molar-refractivity contribution >= 4 is 22.6 Å². The fraction of sp³-hybridized carbons (Fsp3) is 0.276. The number of amides is 1. The molecule has 1 fully saturated rings. The molecule has 7 rings (SSSR count). The number of fused-ring (bicyclic) bond motifs is 4. The van der Waals surface area contributed by atoms with Crippen LogP contribution in [0.15, 0.2) is 42.7 Å². The van der Waals surface area contributed by atoms with E-state index in [0.29, 0.717) is 41.7 Å². The van der Waals surface area contributed by atoms with Gasteiger partial charge in [-0.3, -0.25) is 9.48 Å². The number of benzene rings is 2. The number of anilines is 1. The number of rotatable bonds is 3. The molecule has 0 unspecified atom stereocenters. The Labute approximate surface area is 218 Å². The average molecular weight is 510 g/mol. The molecule has 2 aromatic heterocycles. The number of nitrogens with two attached hydrogens (primary N) is 1. The van der Waals surface area contributed by atoms with Crippen molar-refractivity contribution in [2.24, 2.45) is 0 Å². The third kappa shape index (κ3) is 3.76. The lowest BCUT2D eigenvalue weighted by molar-refractivity contribution is 0.0704. The molecule has 2 N–H and O–H groups in total. The van der Waals surface area contributed by atoms with Crippen LogP contribution in [0, 0.1) is 17.7 Å². The predicted molar refractivity (Wildman–Crippen MR) is 138 cm³/mol. The molecular formula is C29H24FN5O3. The van der Waals surface area contributed by atoms with Gasteiger partial charge in [0.15, 0.2) is 0 Å². The minimum Gasteiger partial charge on any atom is -0.491 e. The highest BCUT2D eigenvalue weighted by Gasteiger charge is 2.32. The van der Waals surface area contributed by atoms with Gasteiger partial charge in [-0.25, -0.2) is 9.37 Å². The van der Waals surface area contributed by atoms with Crippen LogP contribution in [0.1, 0.15) is 63.1 Å². The van der Waals surface area contributed by atoms with Gasteiger partial charge in [0.2, 0.25) is 0 Å². The smallest absolute Gasteiger partial charge is 0.257 e. The van der Waals surface area contributed by atoms with Crippen LogP contribution in [0.5, 0.6) is 5.75 Å². The van der Waals surface area contributed by atoms with E-state index in [4.69, 9.17) is 15.2 Å². The summed E-state index contributed by atoms with van der Waals surface area (Å²) < 4.78 is 28.5. The van der Waals surface area contributed by atoms with Crippen molar-refractivity contribution < 1.29 is 18.7 Å². The molecule has 2 aliphatic heterocycles. The highest BCUT2D eigenvalue weighted by molar-refractivity contribution is 5.99. The van der Waals surface area contributed by atoms with Crippen molar-refractivity contribution in [2.75, 3.05) is 19.4 Å². The number of halogens is 1. The fourth-order valence-electron chi connectivity index (χ4n) is 5.16. The van der Waals surface area contributed by atoms with Gasteiger partial charge in [0, 0.05) is 41.4 Å². The monoisotopic (exact) mass is 509 g/mol. The second-order valence-electron chi connectivity index (χ2n) is 9.98. The molecule has 1 saturated carbocycles. The van der Waals surface area contributed by atoms with Crippen LogP contribution in [0.2, 0.25) is 0 Å². The number of hydrogen-bond donors (Lipinski definition) is 1. The lowest BCUT2D eigenvalue weighted by Crippen LogP contribution is -2.32. The first-order valence-corrected chi connectivity index (χ1v) is 12.5. The van der Waals surface area contributed by atoms with E-state index in [9.17, 15) is 4.79 Å². The lowest BCUT2D eigenvalue weighted by atomic mass is 10.0. The molecule has 3 aliphatic rings. The molecule has 1 amide bonds. The number of ether oxygens (including phenoxy) is 2. The summed E-state index contributed by atoms with van der Waals surface area (Å²) in [5.74, 6) is 6.24. The fourth-order valence-corrected chi connectivity index (χ4v) is 5.16. The van der Waals surface area contributed by atoms with Gasteiger partial charge in [-0.1, -0.05) is 17.9 Å². The standard InChI is InChI=1S/C29H24FN5O3/c1-34(29(36)21-9-20-22-13-37-14-23(22)28(31)33-25(20)10-24(21)30)26-15-38-27-8-16(4-7-19(26)27)2-3-17-11-32-35(12-17)18-5-6-18/h4,7-12,18,26H,5-6,13-15H2,1H3,(H2,31,33)/t26-/m1/s1. The number of pyridine rings is 1. The summed E-state index contributed by atoms with van der Waals surface area (Å²) in [6, 6.07) is 8.69. The maximum absolute atomic E-state index is 15.1. The highest BCUT2D eigenvalue weighted by atomic mass is 19.1. The van der Waals surface area contributed by atoms with Crippen LogP contribution < -0.4 is 10.5 Å². The Morgan fingerprint density at radius 3 is 2.82 bits per heavy atom. The molecule has 0 radical (unpaired) electrons. The number of likely N-dealkylation sites (N-methyl/N-ethyl adjacent to an activating group) is 1. The molecule has 8 nitrogen and oxygen atoms in total. The minimum atomic E-state index is -0.644. The predicted octanol–water partition coefficient (Wildman–Crippen LogP) is 4.12. The zero-order valence-corrected chi connectivity index (χ0v) is 20.7. The molecule has 2 aromatic carbocycles. The molecule has 1 aliphatic carbocycles. The zero-order chi connectivity index (χ0) is 26.0. The molecule has 4 heterocycles. The summed E-state index contributed by atoms with van der Waals surface area (Å²) in [7, 11) is 1.66. The maximum atomic E-state index is 15.1. The number of hydrogen-bond acceptors (Lipinski definition) is 6. The molecule has 0 bridgehead atoms.